The molecule has 0 aromatic heterocycles. The van der Waals surface area contributed by atoms with Crippen LogP contribution in [0.4, 0.5) is 0 Å². The van der Waals surface area contributed by atoms with Crippen LogP contribution in [0, 0.1) is 24.2 Å². The third kappa shape index (κ3) is 7.24. The van der Waals surface area contributed by atoms with E-state index in [4.69, 9.17) is 41.0 Å². The predicted molar refractivity (Wildman–Crippen MR) is 156 cm³/mol. The van der Waals surface area contributed by atoms with Gasteiger partial charge in [0, 0.05) is 16.7 Å². The molecule has 1 aliphatic heterocycles. The molecule has 9 heteroatoms. The average Bonchev–Trinajstić information content (AvgIpc) is 2.92. The SMILES string of the molecule is CCOc1cc(C2C(C#N)=C(N)Oc3cc(OC(=O)COc4ccc(Cl)cc4C)ccc32)ccc1OCCC(C)C. The number of nitrogens with zero attached hydrogens (tertiary/aromatic N) is 1. The highest BCUT2D eigenvalue weighted by Crippen LogP contribution is 2.45. The molecule has 0 bridgehead atoms. The van der Waals surface area contributed by atoms with Gasteiger partial charge in [0.05, 0.1) is 19.1 Å². The number of aryl methyl sites for hydroxylation is 1. The molecule has 0 radical (unpaired) electrons. The molecule has 8 nitrogen and oxygen atoms in total. The normalized spacial score (nSPS) is 14.1. The fourth-order valence-corrected chi connectivity index (χ4v) is 4.64. The van der Waals surface area contributed by atoms with Gasteiger partial charge in [0.2, 0.25) is 5.88 Å². The van der Waals surface area contributed by atoms with Crippen molar-refractivity contribution in [2.24, 2.45) is 11.7 Å². The number of rotatable bonds is 11. The lowest BCUT2D eigenvalue weighted by atomic mass is 9.83. The van der Waals surface area contributed by atoms with Gasteiger partial charge in [-0.1, -0.05) is 37.6 Å². The van der Waals surface area contributed by atoms with E-state index in [1.165, 1.54) is 0 Å². The van der Waals surface area contributed by atoms with Crippen molar-refractivity contribution in [3.05, 3.63) is 87.8 Å². The summed E-state index contributed by atoms with van der Waals surface area (Å²) in [6, 6.07) is 17.9. The zero-order chi connectivity index (χ0) is 29.5. The summed E-state index contributed by atoms with van der Waals surface area (Å²) in [5.74, 6) is 1.76. The van der Waals surface area contributed by atoms with Gasteiger partial charge in [-0.05, 0) is 73.7 Å². The molecule has 0 saturated heterocycles. The van der Waals surface area contributed by atoms with Crippen molar-refractivity contribution in [2.45, 2.75) is 40.0 Å². The van der Waals surface area contributed by atoms with Crippen LogP contribution in [0.5, 0.6) is 28.7 Å². The van der Waals surface area contributed by atoms with Crippen LogP contribution >= 0.6 is 11.6 Å². The van der Waals surface area contributed by atoms with Gasteiger partial charge >= 0.3 is 5.97 Å². The van der Waals surface area contributed by atoms with Crippen molar-refractivity contribution in [3.63, 3.8) is 0 Å². The molecule has 1 atom stereocenters. The van der Waals surface area contributed by atoms with Gasteiger partial charge in [0.25, 0.3) is 0 Å². The summed E-state index contributed by atoms with van der Waals surface area (Å²) in [6.45, 7) is 8.74. The standard InChI is InChI=1S/C32H33ClN2O6/c1-5-37-29-15-21(6-10-27(29)38-13-12-19(2)3)31-24-9-8-23(16-28(24)41-32(35)25(31)17-34)40-30(36)18-39-26-11-7-22(33)14-20(26)4/h6-11,14-16,19,31H,5,12-13,18,35H2,1-4H3. The van der Waals surface area contributed by atoms with Crippen LogP contribution in [0.25, 0.3) is 0 Å². The van der Waals surface area contributed by atoms with Gasteiger partial charge in [-0.25, -0.2) is 4.79 Å². The average molecular weight is 577 g/mol. The van der Waals surface area contributed by atoms with Crippen molar-refractivity contribution in [1.29, 1.82) is 5.26 Å². The number of carbonyl (C=O) groups is 1. The molecule has 4 rings (SSSR count). The Morgan fingerprint density at radius 3 is 2.54 bits per heavy atom. The second kappa shape index (κ2) is 13.3. The van der Waals surface area contributed by atoms with E-state index in [2.05, 4.69) is 19.9 Å². The van der Waals surface area contributed by atoms with Crippen molar-refractivity contribution >= 4 is 17.6 Å². The minimum absolute atomic E-state index is 0.0229. The van der Waals surface area contributed by atoms with Crippen molar-refractivity contribution < 1.29 is 28.5 Å². The lowest BCUT2D eigenvalue weighted by molar-refractivity contribution is -0.136. The van der Waals surface area contributed by atoms with E-state index in [9.17, 15) is 10.1 Å². The second-order valence-corrected chi connectivity index (χ2v) is 10.4. The number of benzene rings is 3. The number of fused-ring (bicyclic) bond motifs is 1. The Kier molecular flexibility index (Phi) is 9.64. The molecule has 2 N–H and O–H groups in total. The first-order valence-electron chi connectivity index (χ1n) is 13.4. The molecular formula is C32H33ClN2O6. The van der Waals surface area contributed by atoms with Crippen LogP contribution in [0.3, 0.4) is 0 Å². The molecule has 0 fully saturated rings. The Labute approximate surface area is 245 Å². The number of hydrogen-bond donors (Lipinski definition) is 1. The van der Waals surface area contributed by atoms with Crippen LogP contribution in [-0.4, -0.2) is 25.8 Å². The Hall–Kier alpha value is -4.35. The number of carbonyl (C=O) groups excluding carboxylic acids is 1. The monoisotopic (exact) mass is 576 g/mol. The fraction of sp³-hybridized carbons (Fsp3) is 0.312. The zero-order valence-electron chi connectivity index (χ0n) is 23.5. The summed E-state index contributed by atoms with van der Waals surface area (Å²) in [6.07, 6.45) is 0.915. The van der Waals surface area contributed by atoms with E-state index in [0.717, 1.165) is 17.5 Å². The number of esters is 1. The van der Waals surface area contributed by atoms with Crippen LogP contribution < -0.4 is 29.4 Å². The second-order valence-electron chi connectivity index (χ2n) is 9.97. The summed E-state index contributed by atoms with van der Waals surface area (Å²) < 4.78 is 28.7. The van der Waals surface area contributed by atoms with Crippen LogP contribution in [0.2, 0.25) is 5.02 Å². The summed E-state index contributed by atoms with van der Waals surface area (Å²) in [4.78, 5) is 12.5. The molecule has 1 aliphatic rings. The maximum Gasteiger partial charge on any atom is 0.349 e. The number of halogens is 1. The highest BCUT2D eigenvalue weighted by atomic mass is 35.5. The van der Waals surface area contributed by atoms with E-state index in [1.807, 2.05) is 32.0 Å². The molecule has 0 amide bonds. The number of allylic oxidation sites excluding steroid dienone is 1. The van der Waals surface area contributed by atoms with Gasteiger partial charge in [-0.3, -0.25) is 0 Å². The van der Waals surface area contributed by atoms with Gasteiger partial charge in [-0.2, -0.15) is 5.26 Å². The van der Waals surface area contributed by atoms with E-state index < -0.39 is 11.9 Å². The summed E-state index contributed by atoms with van der Waals surface area (Å²) in [5.41, 5.74) is 8.73. The van der Waals surface area contributed by atoms with Gasteiger partial charge in [0.15, 0.2) is 18.1 Å². The molecule has 214 valence electrons. The van der Waals surface area contributed by atoms with E-state index in [1.54, 1.807) is 36.4 Å². The van der Waals surface area contributed by atoms with Crippen LogP contribution in [0.15, 0.2) is 66.1 Å². The maximum absolute atomic E-state index is 12.5. The van der Waals surface area contributed by atoms with Crippen molar-refractivity contribution in [3.8, 4) is 34.8 Å². The van der Waals surface area contributed by atoms with Crippen molar-refractivity contribution in [2.75, 3.05) is 19.8 Å². The number of nitriles is 1. The molecule has 3 aromatic rings. The largest absolute Gasteiger partial charge is 0.490 e. The molecular weight excluding hydrogens is 544 g/mol. The van der Waals surface area contributed by atoms with Crippen LogP contribution in [0.1, 0.15) is 49.8 Å². The third-order valence-corrected chi connectivity index (χ3v) is 6.69. The topological polar surface area (TPSA) is 113 Å². The minimum Gasteiger partial charge on any atom is -0.490 e. The molecule has 0 saturated carbocycles. The quantitative estimate of drug-likeness (QED) is 0.199. The number of hydrogen-bond acceptors (Lipinski definition) is 8. The molecule has 0 spiro atoms. The lowest BCUT2D eigenvalue weighted by Crippen LogP contribution is -2.22. The Bertz CT molecular complexity index is 1490. The van der Waals surface area contributed by atoms with Gasteiger partial charge in [0.1, 0.15) is 28.9 Å². The predicted octanol–water partition coefficient (Wildman–Crippen LogP) is 6.67. The summed E-state index contributed by atoms with van der Waals surface area (Å²) >= 11 is 5.98. The first kappa shape index (κ1) is 29.6. The molecule has 41 heavy (non-hydrogen) atoms. The van der Waals surface area contributed by atoms with Crippen molar-refractivity contribution in [1.82, 2.24) is 0 Å². The Morgan fingerprint density at radius 1 is 1.05 bits per heavy atom. The number of ether oxygens (including phenoxy) is 5. The molecule has 0 aliphatic carbocycles. The Balaban J connectivity index is 1.56. The van der Waals surface area contributed by atoms with Gasteiger partial charge in [-0.15, -0.1) is 0 Å². The van der Waals surface area contributed by atoms with Gasteiger partial charge < -0.3 is 29.4 Å². The zero-order valence-corrected chi connectivity index (χ0v) is 24.3. The van der Waals surface area contributed by atoms with E-state index in [-0.39, 0.29) is 23.8 Å². The smallest absolute Gasteiger partial charge is 0.349 e. The Morgan fingerprint density at radius 2 is 1.83 bits per heavy atom. The molecule has 1 heterocycles. The fourth-order valence-electron chi connectivity index (χ4n) is 4.41. The number of nitrogens with two attached hydrogens (primary N) is 1. The highest BCUT2D eigenvalue weighted by Gasteiger charge is 2.32. The maximum atomic E-state index is 12.5. The summed E-state index contributed by atoms with van der Waals surface area (Å²) in [5, 5.41) is 10.5. The van der Waals surface area contributed by atoms with Crippen LogP contribution in [-0.2, 0) is 4.79 Å². The first-order chi connectivity index (χ1) is 19.7. The van der Waals surface area contributed by atoms with E-state index >= 15 is 0 Å². The lowest BCUT2D eigenvalue weighted by Gasteiger charge is -2.27. The highest BCUT2D eigenvalue weighted by molar-refractivity contribution is 6.30. The minimum atomic E-state index is -0.595. The summed E-state index contributed by atoms with van der Waals surface area (Å²) in [7, 11) is 0. The first-order valence-corrected chi connectivity index (χ1v) is 13.8. The van der Waals surface area contributed by atoms with E-state index in [0.29, 0.717) is 52.7 Å². The molecule has 1 unspecified atom stereocenters. The third-order valence-electron chi connectivity index (χ3n) is 6.46. The molecule has 3 aromatic carbocycles.